The Morgan fingerprint density at radius 2 is 1.66 bits per heavy atom. The summed E-state index contributed by atoms with van der Waals surface area (Å²) in [5.41, 5.74) is 13.1. The predicted molar refractivity (Wildman–Crippen MR) is 117 cm³/mol. The molecule has 0 unspecified atom stereocenters. The second-order valence-electron chi connectivity index (χ2n) is 8.18. The highest BCUT2D eigenvalue weighted by molar-refractivity contribution is 5.51. The molecule has 0 bridgehead atoms. The monoisotopic (exact) mass is 397 g/mol. The Kier molecular flexibility index (Phi) is 5.68. The molecule has 2 aromatic heterocycles. The summed E-state index contributed by atoms with van der Waals surface area (Å²) in [6, 6.07) is 3.79. The Bertz CT molecular complexity index is 798. The molecule has 0 atom stereocenters. The minimum absolute atomic E-state index is 0.393. The second kappa shape index (κ2) is 8.38. The van der Waals surface area contributed by atoms with Gasteiger partial charge in [0.15, 0.2) is 0 Å². The fraction of sp³-hybridized carbons (Fsp3) is 0.550. The maximum atomic E-state index is 5.77. The summed E-state index contributed by atoms with van der Waals surface area (Å²) < 4.78 is 0. The van der Waals surface area contributed by atoms with E-state index in [-0.39, 0.29) is 0 Å². The lowest BCUT2D eigenvalue weighted by molar-refractivity contribution is 0.311. The zero-order valence-corrected chi connectivity index (χ0v) is 17.1. The molecule has 3 fully saturated rings. The number of nitrogens with one attached hydrogen (secondary N) is 1. The Hall–Kier alpha value is -2.65. The molecule has 3 aliphatic rings. The second-order valence-corrected chi connectivity index (χ2v) is 8.18. The lowest BCUT2D eigenvalue weighted by Crippen LogP contribution is -2.52. The van der Waals surface area contributed by atoms with Crippen molar-refractivity contribution >= 4 is 23.1 Å². The number of nitrogens with two attached hydrogens (primary N) is 2. The van der Waals surface area contributed by atoms with Gasteiger partial charge in [-0.05, 0) is 26.0 Å². The molecule has 9 heteroatoms. The fourth-order valence-electron chi connectivity index (χ4n) is 3.75. The van der Waals surface area contributed by atoms with Gasteiger partial charge in [-0.3, -0.25) is 0 Å². The summed E-state index contributed by atoms with van der Waals surface area (Å²) in [6.45, 7) is 7.25. The minimum atomic E-state index is 0.393. The minimum Gasteiger partial charge on any atom is -0.399 e. The van der Waals surface area contributed by atoms with E-state index in [9.17, 15) is 0 Å². The summed E-state index contributed by atoms with van der Waals surface area (Å²) in [5, 5.41) is 3.58. The number of anilines is 4. The highest BCUT2D eigenvalue weighted by atomic mass is 15.3. The van der Waals surface area contributed by atoms with Gasteiger partial charge < -0.3 is 31.5 Å². The van der Waals surface area contributed by atoms with Crippen LogP contribution in [-0.4, -0.2) is 78.3 Å². The third-order valence-corrected chi connectivity index (χ3v) is 5.77. The Balaban J connectivity index is 0.000000142. The first-order valence-electron chi connectivity index (χ1n) is 10.3. The first-order chi connectivity index (χ1) is 14.0. The highest BCUT2D eigenvalue weighted by Gasteiger charge is 2.45. The topological polar surface area (TPSA) is 112 Å². The Labute approximate surface area is 172 Å². The molecule has 0 aromatic carbocycles. The van der Waals surface area contributed by atoms with Crippen LogP contribution in [0.3, 0.4) is 0 Å². The molecule has 1 saturated carbocycles. The zero-order valence-electron chi connectivity index (χ0n) is 17.1. The van der Waals surface area contributed by atoms with Crippen LogP contribution in [0.4, 0.5) is 23.1 Å². The zero-order chi connectivity index (χ0) is 20.3. The number of rotatable bonds is 2. The number of pyridine rings is 1. The van der Waals surface area contributed by atoms with Crippen molar-refractivity contribution in [3.8, 4) is 0 Å². The molecule has 4 heterocycles. The normalized spacial score (nSPS) is 20.9. The van der Waals surface area contributed by atoms with Crippen LogP contribution in [-0.2, 0) is 0 Å². The van der Waals surface area contributed by atoms with Crippen molar-refractivity contribution in [3.63, 3.8) is 0 Å². The van der Waals surface area contributed by atoms with Crippen molar-refractivity contribution in [2.75, 3.05) is 74.1 Å². The molecule has 5 rings (SSSR count). The standard InChI is InChI=1S/C11H16N4.C9H15N5/c12-9-1-4-13-10(7-9)15-6-5-14-11(8-15)2-3-11;1-13-2-4-14(5-3-13)9-11-6-8(10)7-12-9/h1,4,7,14H,2-3,5-6,8H2,(H2,12,13);6-7H,2-5,10H2,1H3. The quantitative estimate of drug-likeness (QED) is 0.663. The average Bonchev–Trinajstić information content (AvgIpc) is 3.48. The first-order valence-corrected chi connectivity index (χ1v) is 10.3. The summed E-state index contributed by atoms with van der Waals surface area (Å²) in [7, 11) is 2.13. The van der Waals surface area contributed by atoms with E-state index in [1.165, 1.54) is 12.8 Å². The maximum Gasteiger partial charge on any atom is 0.225 e. The van der Waals surface area contributed by atoms with Crippen LogP contribution in [0.5, 0.6) is 0 Å². The number of hydrogen-bond donors (Lipinski definition) is 3. The van der Waals surface area contributed by atoms with E-state index < -0.39 is 0 Å². The summed E-state index contributed by atoms with van der Waals surface area (Å²) in [6.07, 6.45) is 7.69. The Morgan fingerprint density at radius 3 is 2.31 bits per heavy atom. The van der Waals surface area contributed by atoms with Crippen molar-refractivity contribution < 1.29 is 0 Å². The van der Waals surface area contributed by atoms with Crippen LogP contribution in [0, 0.1) is 0 Å². The van der Waals surface area contributed by atoms with E-state index in [1.807, 2.05) is 12.1 Å². The molecule has 2 saturated heterocycles. The third-order valence-electron chi connectivity index (χ3n) is 5.77. The number of aromatic nitrogens is 3. The van der Waals surface area contributed by atoms with E-state index >= 15 is 0 Å². The molecule has 29 heavy (non-hydrogen) atoms. The molecule has 9 nitrogen and oxygen atoms in total. The number of hydrogen-bond acceptors (Lipinski definition) is 9. The van der Waals surface area contributed by atoms with Crippen LogP contribution in [0.1, 0.15) is 12.8 Å². The van der Waals surface area contributed by atoms with Gasteiger partial charge in [0, 0.05) is 69.3 Å². The van der Waals surface area contributed by atoms with Crippen molar-refractivity contribution in [1.29, 1.82) is 0 Å². The van der Waals surface area contributed by atoms with Crippen molar-refractivity contribution in [2.45, 2.75) is 18.4 Å². The molecule has 2 aliphatic heterocycles. The van der Waals surface area contributed by atoms with Gasteiger partial charge in [-0.15, -0.1) is 0 Å². The number of nitrogen functional groups attached to an aromatic ring is 2. The van der Waals surface area contributed by atoms with Crippen LogP contribution >= 0.6 is 0 Å². The van der Waals surface area contributed by atoms with Crippen LogP contribution in [0.25, 0.3) is 0 Å². The molecule has 1 spiro atoms. The van der Waals surface area contributed by atoms with E-state index in [0.29, 0.717) is 11.2 Å². The van der Waals surface area contributed by atoms with E-state index in [4.69, 9.17) is 11.5 Å². The van der Waals surface area contributed by atoms with Gasteiger partial charge in [0.05, 0.1) is 18.1 Å². The Morgan fingerprint density at radius 1 is 0.931 bits per heavy atom. The SMILES string of the molecule is CN1CCN(c2ncc(N)cn2)CC1.Nc1ccnc(N2CCNC3(CC3)C2)c1. The predicted octanol–water partition coefficient (Wildman–Crippen LogP) is 0.417. The lowest BCUT2D eigenvalue weighted by atomic mass is 10.2. The fourth-order valence-corrected chi connectivity index (χ4v) is 3.75. The molecule has 2 aromatic rings. The smallest absolute Gasteiger partial charge is 0.225 e. The largest absolute Gasteiger partial charge is 0.399 e. The van der Waals surface area contributed by atoms with Crippen molar-refractivity contribution in [1.82, 2.24) is 25.2 Å². The highest BCUT2D eigenvalue weighted by Crippen LogP contribution is 2.38. The van der Waals surface area contributed by atoms with Gasteiger partial charge in [0.2, 0.25) is 5.95 Å². The first kappa shape index (κ1) is 19.7. The van der Waals surface area contributed by atoms with Crippen LogP contribution in [0.15, 0.2) is 30.7 Å². The average molecular weight is 398 g/mol. The van der Waals surface area contributed by atoms with Gasteiger partial charge >= 0.3 is 0 Å². The van der Waals surface area contributed by atoms with Gasteiger partial charge in [-0.1, -0.05) is 0 Å². The number of piperazine rings is 2. The molecule has 5 N–H and O–H groups in total. The molecule has 1 aliphatic carbocycles. The van der Waals surface area contributed by atoms with Gasteiger partial charge in [0.1, 0.15) is 5.82 Å². The van der Waals surface area contributed by atoms with Gasteiger partial charge in [-0.25, -0.2) is 15.0 Å². The molecule has 0 amide bonds. The van der Waals surface area contributed by atoms with Gasteiger partial charge in [0.25, 0.3) is 0 Å². The summed E-state index contributed by atoms with van der Waals surface area (Å²) in [5.74, 6) is 1.80. The van der Waals surface area contributed by atoms with Crippen LogP contribution in [0.2, 0.25) is 0 Å². The lowest BCUT2D eigenvalue weighted by Gasteiger charge is -2.34. The number of nitrogens with zero attached hydrogens (tertiary/aromatic N) is 6. The van der Waals surface area contributed by atoms with E-state index in [0.717, 1.165) is 63.3 Å². The molecular formula is C20H31N9. The van der Waals surface area contributed by atoms with Crippen molar-refractivity contribution in [2.24, 2.45) is 0 Å². The van der Waals surface area contributed by atoms with Crippen molar-refractivity contribution in [3.05, 3.63) is 30.7 Å². The third kappa shape index (κ3) is 5.04. The van der Waals surface area contributed by atoms with E-state index in [2.05, 4.69) is 42.0 Å². The van der Waals surface area contributed by atoms with Crippen LogP contribution < -0.4 is 26.6 Å². The molecular weight excluding hydrogens is 366 g/mol. The van der Waals surface area contributed by atoms with Gasteiger partial charge in [-0.2, -0.15) is 0 Å². The van der Waals surface area contributed by atoms with E-state index in [1.54, 1.807) is 18.6 Å². The number of likely N-dealkylation sites (N-methyl/N-ethyl adjacent to an activating group) is 1. The molecule has 0 radical (unpaired) electrons. The summed E-state index contributed by atoms with van der Waals surface area (Å²) >= 11 is 0. The summed E-state index contributed by atoms with van der Waals surface area (Å²) in [4.78, 5) is 19.6. The maximum absolute atomic E-state index is 5.77. The molecule has 156 valence electrons.